The number of hydrogen-bond donors (Lipinski definition) is 1. The number of halogens is 1. The van der Waals surface area contributed by atoms with Crippen LogP contribution in [0.25, 0.3) is 0 Å². The van der Waals surface area contributed by atoms with E-state index in [2.05, 4.69) is 0 Å². The van der Waals surface area contributed by atoms with Gasteiger partial charge in [0.05, 0.1) is 6.61 Å². The Kier molecular flexibility index (Phi) is 3.79. The van der Waals surface area contributed by atoms with E-state index in [0.717, 1.165) is 11.1 Å². The summed E-state index contributed by atoms with van der Waals surface area (Å²) in [7, 11) is 0. The molecule has 0 saturated carbocycles. The molecule has 2 aromatic carbocycles. The molecule has 19 heavy (non-hydrogen) atoms. The molecule has 0 amide bonds. The second-order valence-electron chi connectivity index (χ2n) is 4.08. The summed E-state index contributed by atoms with van der Waals surface area (Å²) in [5.41, 5.74) is 1.46. The van der Waals surface area contributed by atoms with Crippen molar-refractivity contribution in [2.45, 2.75) is 13.5 Å². The molecule has 0 aliphatic heterocycles. The van der Waals surface area contributed by atoms with Crippen LogP contribution in [-0.4, -0.2) is 5.11 Å². The van der Waals surface area contributed by atoms with Crippen molar-refractivity contribution in [2.75, 3.05) is 0 Å². The number of aliphatic hydroxyl groups is 1. The Morgan fingerprint density at radius 2 is 2.05 bits per heavy atom. The number of aliphatic hydroxyl groups excluding tert-OH is 1. The third kappa shape index (κ3) is 2.72. The van der Waals surface area contributed by atoms with Gasteiger partial charge in [-0.1, -0.05) is 18.2 Å². The first-order chi connectivity index (χ1) is 9.15. The molecule has 0 aliphatic carbocycles. The zero-order valence-electron chi connectivity index (χ0n) is 10.4. The van der Waals surface area contributed by atoms with Crippen LogP contribution in [0.3, 0.4) is 0 Å². The maximum atomic E-state index is 13.4. The van der Waals surface area contributed by atoms with Crippen molar-refractivity contribution in [2.24, 2.45) is 0 Å². The lowest BCUT2D eigenvalue weighted by Crippen LogP contribution is -1.94. The minimum Gasteiger partial charge on any atom is -0.456 e. The van der Waals surface area contributed by atoms with E-state index in [0.29, 0.717) is 5.75 Å². The van der Waals surface area contributed by atoms with Gasteiger partial charge < -0.3 is 9.84 Å². The average Bonchev–Trinajstić information content (AvgIpc) is 2.41. The Morgan fingerprint density at radius 1 is 1.26 bits per heavy atom. The standard InChI is InChI=1S/C15H12FNO2/c1-10-7-11(9-18)5-6-14(10)19-15-4-2-3-13(16)12(15)8-17/h2-7,18H,9H2,1H3. The van der Waals surface area contributed by atoms with Gasteiger partial charge in [-0.3, -0.25) is 0 Å². The first kappa shape index (κ1) is 13.1. The SMILES string of the molecule is Cc1cc(CO)ccc1Oc1cccc(F)c1C#N. The topological polar surface area (TPSA) is 53.2 Å². The van der Waals surface area contributed by atoms with Gasteiger partial charge in [-0.2, -0.15) is 5.26 Å². The van der Waals surface area contributed by atoms with E-state index in [1.807, 2.05) is 6.92 Å². The van der Waals surface area contributed by atoms with Crippen molar-refractivity contribution in [1.82, 2.24) is 0 Å². The largest absolute Gasteiger partial charge is 0.456 e. The van der Waals surface area contributed by atoms with Gasteiger partial charge >= 0.3 is 0 Å². The number of hydrogen-bond acceptors (Lipinski definition) is 3. The van der Waals surface area contributed by atoms with Crippen LogP contribution < -0.4 is 4.74 Å². The lowest BCUT2D eigenvalue weighted by Gasteiger charge is -2.11. The van der Waals surface area contributed by atoms with Gasteiger partial charge in [0.25, 0.3) is 0 Å². The summed E-state index contributed by atoms with van der Waals surface area (Å²) in [4.78, 5) is 0. The quantitative estimate of drug-likeness (QED) is 0.917. The fraction of sp³-hybridized carbons (Fsp3) is 0.133. The lowest BCUT2D eigenvalue weighted by molar-refractivity contribution is 0.281. The molecule has 0 spiro atoms. The van der Waals surface area contributed by atoms with Gasteiger partial charge in [0, 0.05) is 0 Å². The highest BCUT2D eigenvalue weighted by molar-refractivity contribution is 5.47. The molecule has 1 N–H and O–H groups in total. The molecule has 3 nitrogen and oxygen atoms in total. The molecule has 0 fully saturated rings. The normalized spacial score (nSPS) is 10.0. The summed E-state index contributed by atoms with van der Waals surface area (Å²) >= 11 is 0. The Bertz CT molecular complexity index is 647. The maximum absolute atomic E-state index is 13.4. The molecule has 2 rings (SSSR count). The number of rotatable bonds is 3. The van der Waals surface area contributed by atoms with Gasteiger partial charge in [-0.15, -0.1) is 0 Å². The predicted octanol–water partition coefficient (Wildman–Crippen LogP) is 3.29. The summed E-state index contributed by atoms with van der Waals surface area (Å²) in [6.07, 6.45) is 0. The van der Waals surface area contributed by atoms with E-state index in [9.17, 15) is 4.39 Å². The van der Waals surface area contributed by atoms with Crippen LogP contribution in [0, 0.1) is 24.1 Å². The molecule has 0 unspecified atom stereocenters. The smallest absolute Gasteiger partial charge is 0.148 e. The molecular weight excluding hydrogens is 245 g/mol. The van der Waals surface area contributed by atoms with Crippen LogP contribution in [0.1, 0.15) is 16.7 Å². The fourth-order valence-electron chi connectivity index (χ4n) is 1.74. The summed E-state index contributed by atoms with van der Waals surface area (Å²) in [5, 5.41) is 18.0. The van der Waals surface area contributed by atoms with Crippen LogP contribution >= 0.6 is 0 Å². The van der Waals surface area contributed by atoms with Gasteiger partial charge in [0.15, 0.2) is 0 Å². The first-order valence-electron chi connectivity index (χ1n) is 5.72. The van der Waals surface area contributed by atoms with E-state index in [1.54, 1.807) is 30.3 Å². The van der Waals surface area contributed by atoms with Crippen molar-refractivity contribution < 1.29 is 14.2 Å². The predicted molar refractivity (Wildman–Crippen MR) is 68.3 cm³/mol. The second kappa shape index (κ2) is 5.51. The van der Waals surface area contributed by atoms with Gasteiger partial charge in [0.2, 0.25) is 0 Å². The minimum atomic E-state index is -0.607. The zero-order valence-corrected chi connectivity index (χ0v) is 10.4. The summed E-state index contributed by atoms with van der Waals surface area (Å²) in [5.74, 6) is 0.103. The third-order valence-electron chi connectivity index (χ3n) is 2.73. The Labute approximate surface area is 110 Å². The molecule has 0 atom stereocenters. The minimum absolute atomic E-state index is 0.0511. The fourth-order valence-corrected chi connectivity index (χ4v) is 1.74. The van der Waals surface area contributed by atoms with Crippen LogP contribution in [0.5, 0.6) is 11.5 Å². The van der Waals surface area contributed by atoms with E-state index < -0.39 is 5.82 Å². The van der Waals surface area contributed by atoms with E-state index in [4.69, 9.17) is 15.1 Å². The van der Waals surface area contributed by atoms with Crippen molar-refractivity contribution >= 4 is 0 Å². The average molecular weight is 257 g/mol. The highest BCUT2D eigenvalue weighted by atomic mass is 19.1. The molecule has 0 aromatic heterocycles. The maximum Gasteiger partial charge on any atom is 0.148 e. The van der Waals surface area contributed by atoms with Crippen LogP contribution in [0.2, 0.25) is 0 Å². The number of nitrogens with zero attached hydrogens (tertiary/aromatic N) is 1. The molecule has 0 bridgehead atoms. The number of benzene rings is 2. The number of ether oxygens (including phenoxy) is 1. The van der Waals surface area contributed by atoms with Gasteiger partial charge in [-0.25, -0.2) is 4.39 Å². The van der Waals surface area contributed by atoms with Crippen molar-refractivity contribution in [3.8, 4) is 17.6 Å². The monoisotopic (exact) mass is 257 g/mol. The van der Waals surface area contributed by atoms with Crippen LogP contribution in [0.15, 0.2) is 36.4 Å². The van der Waals surface area contributed by atoms with E-state index in [1.165, 1.54) is 12.1 Å². The highest BCUT2D eigenvalue weighted by Gasteiger charge is 2.11. The lowest BCUT2D eigenvalue weighted by atomic mass is 10.1. The molecule has 2 aromatic rings. The molecule has 0 heterocycles. The molecule has 0 radical (unpaired) electrons. The highest BCUT2D eigenvalue weighted by Crippen LogP contribution is 2.29. The van der Waals surface area contributed by atoms with Crippen molar-refractivity contribution in [1.29, 1.82) is 5.26 Å². The zero-order chi connectivity index (χ0) is 13.8. The van der Waals surface area contributed by atoms with Gasteiger partial charge in [0.1, 0.15) is 28.9 Å². The molecular formula is C15H12FNO2. The van der Waals surface area contributed by atoms with E-state index in [-0.39, 0.29) is 17.9 Å². The van der Waals surface area contributed by atoms with Gasteiger partial charge in [-0.05, 0) is 36.2 Å². The molecule has 96 valence electrons. The first-order valence-corrected chi connectivity index (χ1v) is 5.72. The van der Waals surface area contributed by atoms with E-state index >= 15 is 0 Å². The Balaban J connectivity index is 2.37. The summed E-state index contributed by atoms with van der Waals surface area (Å²) in [6.45, 7) is 1.77. The van der Waals surface area contributed by atoms with Crippen LogP contribution in [0.4, 0.5) is 4.39 Å². The second-order valence-corrected chi connectivity index (χ2v) is 4.08. The Morgan fingerprint density at radius 3 is 2.68 bits per heavy atom. The molecule has 0 aliphatic rings. The molecule has 4 heteroatoms. The summed E-state index contributed by atoms with van der Waals surface area (Å²) in [6, 6.07) is 11.2. The van der Waals surface area contributed by atoms with Crippen LogP contribution in [-0.2, 0) is 6.61 Å². The van der Waals surface area contributed by atoms with Crippen molar-refractivity contribution in [3.63, 3.8) is 0 Å². The third-order valence-corrected chi connectivity index (χ3v) is 2.73. The number of nitriles is 1. The molecule has 0 saturated heterocycles. The number of aryl methyl sites for hydroxylation is 1. The Hall–Kier alpha value is -2.38. The van der Waals surface area contributed by atoms with Crippen molar-refractivity contribution in [3.05, 3.63) is 58.9 Å². The summed E-state index contributed by atoms with van der Waals surface area (Å²) < 4.78 is 19.0.